The molecule has 1 aliphatic heterocycles. The highest BCUT2D eigenvalue weighted by atomic mass is 16.7. The third-order valence-corrected chi connectivity index (χ3v) is 4.29. The van der Waals surface area contributed by atoms with Gasteiger partial charge in [0.25, 0.3) is 5.91 Å². The van der Waals surface area contributed by atoms with E-state index in [1.165, 1.54) is 0 Å². The lowest BCUT2D eigenvalue weighted by Gasteiger charge is -2.08. The smallest absolute Gasteiger partial charge is 0.257 e. The van der Waals surface area contributed by atoms with Crippen LogP contribution in [0, 0.1) is 0 Å². The lowest BCUT2D eigenvalue weighted by molar-refractivity contribution is 0.102. The number of ether oxygens (including phenoxy) is 3. The quantitative estimate of drug-likeness (QED) is 0.682. The molecule has 1 amide bonds. The minimum Gasteiger partial charge on any atom is -0.497 e. The van der Waals surface area contributed by atoms with Crippen LogP contribution in [-0.2, 0) is 6.54 Å². The van der Waals surface area contributed by atoms with Crippen molar-refractivity contribution in [1.82, 2.24) is 4.98 Å². The van der Waals surface area contributed by atoms with Gasteiger partial charge in [-0.2, -0.15) is 0 Å². The number of rotatable bonds is 6. The monoisotopic (exact) mass is 377 g/mol. The van der Waals surface area contributed by atoms with Gasteiger partial charge in [0.1, 0.15) is 11.6 Å². The van der Waals surface area contributed by atoms with Crippen LogP contribution in [0.15, 0.2) is 60.8 Å². The molecule has 0 fully saturated rings. The SMILES string of the molecule is COc1ccc(CNc2ccc(C(=O)Nc3ccc4c(c3)OCO4)cn2)cc1. The van der Waals surface area contributed by atoms with Crippen LogP contribution in [0.2, 0.25) is 0 Å². The first-order valence-electron chi connectivity index (χ1n) is 8.75. The summed E-state index contributed by atoms with van der Waals surface area (Å²) in [5.74, 6) is 2.56. The zero-order valence-corrected chi connectivity index (χ0v) is 15.3. The molecule has 0 saturated carbocycles. The number of nitrogens with one attached hydrogen (secondary N) is 2. The number of aromatic nitrogens is 1. The molecule has 0 radical (unpaired) electrons. The largest absolute Gasteiger partial charge is 0.497 e. The molecule has 142 valence electrons. The second kappa shape index (κ2) is 7.87. The third kappa shape index (κ3) is 3.98. The molecule has 7 heteroatoms. The van der Waals surface area contributed by atoms with Gasteiger partial charge in [-0.1, -0.05) is 12.1 Å². The molecule has 2 heterocycles. The summed E-state index contributed by atoms with van der Waals surface area (Å²) in [6, 6.07) is 16.6. The molecule has 4 rings (SSSR count). The number of anilines is 2. The van der Waals surface area contributed by atoms with E-state index >= 15 is 0 Å². The number of nitrogens with zero attached hydrogens (tertiary/aromatic N) is 1. The van der Waals surface area contributed by atoms with E-state index in [0.717, 1.165) is 11.3 Å². The summed E-state index contributed by atoms with van der Waals surface area (Å²) in [4.78, 5) is 16.7. The molecule has 1 aliphatic rings. The highest BCUT2D eigenvalue weighted by Crippen LogP contribution is 2.34. The van der Waals surface area contributed by atoms with Gasteiger partial charge in [-0.05, 0) is 42.0 Å². The van der Waals surface area contributed by atoms with Crippen molar-refractivity contribution in [3.05, 3.63) is 71.9 Å². The number of fused-ring (bicyclic) bond motifs is 1. The molecule has 0 aliphatic carbocycles. The summed E-state index contributed by atoms with van der Waals surface area (Å²) in [6.45, 7) is 0.821. The molecule has 0 bridgehead atoms. The number of carbonyl (C=O) groups excluding carboxylic acids is 1. The Morgan fingerprint density at radius 3 is 2.64 bits per heavy atom. The van der Waals surface area contributed by atoms with Gasteiger partial charge >= 0.3 is 0 Å². The van der Waals surface area contributed by atoms with Crippen LogP contribution in [0.1, 0.15) is 15.9 Å². The van der Waals surface area contributed by atoms with Crippen molar-refractivity contribution in [3.8, 4) is 17.2 Å². The average molecular weight is 377 g/mol. The van der Waals surface area contributed by atoms with Crippen LogP contribution in [0.5, 0.6) is 17.2 Å². The van der Waals surface area contributed by atoms with E-state index in [-0.39, 0.29) is 12.7 Å². The number of amides is 1. The van der Waals surface area contributed by atoms with Crippen molar-refractivity contribution in [2.45, 2.75) is 6.54 Å². The Balaban J connectivity index is 1.35. The van der Waals surface area contributed by atoms with E-state index in [9.17, 15) is 4.79 Å². The van der Waals surface area contributed by atoms with E-state index in [2.05, 4.69) is 15.6 Å². The van der Waals surface area contributed by atoms with Crippen LogP contribution in [0.4, 0.5) is 11.5 Å². The Morgan fingerprint density at radius 2 is 1.89 bits per heavy atom. The zero-order valence-electron chi connectivity index (χ0n) is 15.3. The standard InChI is InChI=1S/C21H19N3O4/c1-26-17-6-2-14(3-7-17)11-22-20-9-4-15(12-23-20)21(25)24-16-5-8-18-19(10-16)28-13-27-18/h2-10,12H,11,13H2,1H3,(H,22,23)(H,24,25). The van der Waals surface area contributed by atoms with Gasteiger partial charge in [0.05, 0.1) is 12.7 Å². The van der Waals surface area contributed by atoms with Crippen molar-refractivity contribution in [1.29, 1.82) is 0 Å². The number of hydrogen-bond acceptors (Lipinski definition) is 6. The van der Waals surface area contributed by atoms with Crippen LogP contribution < -0.4 is 24.8 Å². The van der Waals surface area contributed by atoms with Crippen molar-refractivity contribution < 1.29 is 19.0 Å². The van der Waals surface area contributed by atoms with Gasteiger partial charge in [-0.15, -0.1) is 0 Å². The lowest BCUT2D eigenvalue weighted by atomic mass is 10.2. The summed E-state index contributed by atoms with van der Waals surface area (Å²) < 4.78 is 15.7. The van der Waals surface area contributed by atoms with Crippen molar-refractivity contribution in [3.63, 3.8) is 0 Å². The number of pyridine rings is 1. The van der Waals surface area contributed by atoms with E-state index in [0.29, 0.717) is 35.1 Å². The minimum absolute atomic E-state index is 0.196. The Kier molecular flexibility index (Phi) is 4.97. The molecular weight excluding hydrogens is 358 g/mol. The van der Waals surface area contributed by atoms with Crippen molar-refractivity contribution in [2.75, 3.05) is 24.5 Å². The van der Waals surface area contributed by atoms with Crippen LogP contribution in [0.3, 0.4) is 0 Å². The molecule has 3 aromatic rings. The Bertz CT molecular complexity index is 972. The highest BCUT2D eigenvalue weighted by molar-refractivity contribution is 6.04. The summed E-state index contributed by atoms with van der Waals surface area (Å²) in [6.07, 6.45) is 1.54. The molecule has 2 N–H and O–H groups in total. The number of carbonyl (C=O) groups is 1. The Morgan fingerprint density at radius 1 is 1.07 bits per heavy atom. The maximum absolute atomic E-state index is 12.4. The molecule has 0 spiro atoms. The molecule has 28 heavy (non-hydrogen) atoms. The van der Waals surface area contributed by atoms with Crippen LogP contribution >= 0.6 is 0 Å². The van der Waals surface area contributed by atoms with E-state index < -0.39 is 0 Å². The fourth-order valence-corrected chi connectivity index (χ4v) is 2.75. The normalized spacial score (nSPS) is 11.8. The van der Waals surface area contributed by atoms with Gasteiger partial charge in [0.15, 0.2) is 11.5 Å². The molecule has 1 aromatic heterocycles. The summed E-state index contributed by atoms with van der Waals surface area (Å²) in [5, 5.41) is 6.06. The maximum Gasteiger partial charge on any atom is 0.257 e. The fourth-order valence-electron chi connectivity index (χ4n) is 2.75. The van der Waals surface area contributed by atoms with Gasteiger partial charge in [0.2, 0.25) is 6.79 Å². The zero-order chi connectivity index (χ0) is 19.3. The van der Waals surface area contributed by atoms with Gasteiger partial charge in [0, 0.05) is 24.5 Å². The number of hydrogen-bond donors (Lipinski definition) is 2. The van der Waals surface area contributed by atoms with Crippen molar-refractivity contribution in [2.24, 2.45) is 0 Å². The molecule has 7 nitrogen and oxygen atoms in total. The first-order chi connectivity index (χ1) is 13.7. The Hall–Kier alpha value is -3.74. The van der Waals surface area contributed by atoms with Gasteiger partial charge in [-0.3, -0.25) is 4.79 Å². The summed E-state index contributed by atoms with van der Waals surface area (Å²) in [7, 11) is 1.64. The summed E-state index contributed by atoms with van der Waals surface area (Å²) in [5.41, 5.74) is 2.20. The fraction of sp³-hybridized carbons (Fsp3) is 0.143. The van der Waals surface area contributed by atoms with E-state index in [1.807, 2.05) is 24.3 Å². The van der Waals surface area contributed by atoms with E-state index in [1.54, 1.807) is 43.6 Å². The number of benzene rings is 2. The van der Waals surface area contributed by atoms with Gasteiger partial charge < -0.3 is 24.8 Å². The lowest BCUT2D eigenvalue weighted by Crippen LogP contribution is -2.12. The predicted molar refractivity (Wildman–Crippen MR) is 105 cm³/mol. The Labute approximate surface area is 162 Å². The van der Waals surface area contributed by atoms with Crippen LogP contribution in [-0.4, -0.2) is 24.8 Å². The molecule has 0 unspecified atom stereocenters. The van der Waals surface area contributed by atoms with Crippen LogP contribution in [0.25, 0.3) is 0 Å². The topological polar surface area (TPSA) is 81.7 Å². The molecular formula is C21H19N3O4. The predicted octanol–water partition coefficient (Wildman–Crippen LogP) is 3.68. The maximum atomic E-state index is 12.4. The number of methoxy groups -OCH3 is 1. The molecule has 0 saturated heterocycles. The highest BCUT2D eigenvalue weighted by Gasteiger charge is 2.14. The van der Waals surface area contributed by atoms with E-state index in [4.69, 9.17) is 14.2 Å². The van der Waals surface area contributed by atoms with Crippen molar-refractivity contribution >= 4 is 17.4 Å². The summed E-state index contributed by atoms with van der Waals surface area (Å²) >= 11 is 0. The average Bonchev–Trinajstić information content (AvgIpc) is 3.21. The first-order valence-corrected chi connectivity index (χ1v) is 8.75. The van der Waals surface area contributed by atoms with Gasteiger partial charge in [-0.25, -0.2) is 4.98 Å². The minimum atomic E-state index is -0.243. The second-order valence-corrected chi connectivity index (χ2v) is 6.16. The first kappa shape index (κ1) is 17.7. The molecule has 0 atom stereocenters. The third-order valence-electron chi connectivity index (χ3n) is 4.29. The second-order valence-electron chi connectivity index (χ2n) is 6.16. The molecule has 2 aromatic carbocycles.